The molecule has 0 spiro atoms. The summed E-state index contributed by atoms with van der Waals surface area (Å²) in [5, 5.41) is 3.03. The highest BCUT2D eigenvalue weighted by atomic mass is 32.2. The minimum absolute atomic E-state index is 0.145. The highest BCUT2D eigenvalue weighted by Gasteiger charge is 2.36. The van der Waals surface area contributed by atoms with Gasteiger partial charge in [0.05, 0.1) is 10.3 Å². The van der Waals surface area contributed by atoms with Crippen LogP contribution in [0.2, 0.25) is 0 Å². The Morgan fingerprint density at radius 3 is 1.59 bits per heavy atom. The highest BCUT2D eigenvalue weighted by Crippen LogP contribution is 2.48. The first kappa shape index (κ1) is 21.7. The van der Waals surface area contributed by atoms with Gasteiger partial charge in [-0.1, -0.05) is 103 Å². The van der Waals surface area contributed by atoms with E-state index in [0.29, 0.717) is 17.8 Å². The summed E-state index contributed by atoms with van der Waals surface area (Å²) >= 11 is 1.82. The molecule has 4 aromatic rings. The van der Waals surface area contributed by atoms with Crippen LogP contribution in [0.4, 0.5) is 5.69 Å². The lowest BCUT2D eigenvalue weighted by Gasteiger charge is -2.35. The second-order valence-electron chi connectivity index (χ2n) is 7.47. The van der Waals surface area contributed by atoms with Crippen LogP contribution in [0.15, 0.2) is 115 Å². The van der Waals surface area contributed by atoms with Gasteiger partial charge in [0, 0.05) is 18.0 Å². The molecule has 0 fully saturated rings. The maximum Gasteiger partial charge on any atom is 0.253 e. The topological polar surface area (TPSA) is 55.1 Å². The van der Waals surface area contributed by atoms with Gasteiger partial charge < -0.3 is 11.1 Å². The normalized spacial score (nSPS) is 11.1. The largest absolute Gasteiger partial charge is 0.398 e. The van der Waals surface area contributed by atoms with Crippen molar-refractivity contribution < 1.29 is 4.79 Å². The Bertz CT molecular complexity index is 1050. The van der Waals surface area contributed by atoms with Crippen molar-refractivity contribution in [2.24, 2.45) is 0 Å². The second-order valence-corrected chi connectivity index (χ2v) is 8.78. The average molecular weight is 439 g/mol. The van der Waals surface area contributed by atoms with Crippen LogP contribution in [0.25, 0.3) is 0 Å². The van der Waals surface area contributed by atoms with Crippen LogP contribution in [0.5, 0.6) is 0 Å². The number of para-hydroxylation sites is 1. The summed E-state index contributed by atoms with van der Waals surface area (Å²) in [4.78, 5) is 12.6. The Hall–Kier alpha value is -3.50. The molecule has 0 unspecified atom stereocenters. The number of carbonyl (C=O) groups is 1. The third kappa shape index (κ3) is 4.56. The SMILES string of the molecule is Nc1ccccc1C(=O)NCCSC(c1ccccc1)(c1ccccc1)c1ccccc1. The lowest BCUT2D eigenvalue weighted by Crippen LogP contribution is -2.30. The summed E-state index contributed by atoms with van der Waals surface area (Å²) in [5.41, 5.74) is 10.6. The summed E-state index contributed by atoms with van der Waals surface area (Å²) in [6.07, 6.45) is 0. The molecule has 0 saturated carbocycles. The van der Waals surface area contributed by atoms with Gasteiger partial charge in [0.2, 0.25) is 0 Å². The van der Waals surface area contributed by atoms with Crippen molar-refractivity contribution >= 4 is 23.4 Å². The van der Waals surface area contributed by atoms with Gasteiger partial charge in [0.1, 0.15) is 0 Å². The molecule has 0 aliphatic rings. The van der Waals surface area contributed by atoms with Crippen LogP contribution in [0, 0.1) is 0 Å². The molecule has 4 heteroatoms. The van der Waals surface area contributed by atoms with Crippen LogP contribution in [0.1, 0.15) is 27.0 Å². The fraction of sp³-hybridized carbons (Fsp3) is 0.107. The number of benzene rings is 4. The predicted molar refractivity (Wildman–Crippen MR) is 135 cm³/mol. The lowest BCUT2D eigenvalue weighted by molar-refractivity contribution is 0.0957. The van der Waals surface area contributed by atoms with Gasteiger partial charge in [0.25, 0.3) is 5.91 Å². The number of hydrogen-bond donors (Lipinski definition) is 2. The van der Waals surface area contributed by atoms with Crippen molar-refractivity contribution in [1.82, 2.24) is 5.32 Å². The number of nitrogen functional groups attached to an aromatic ring is 1. The molecule has 3 N–H and O–H groups in total. The Kier molecular flexibility index (Phi) is 6.93. The Morgan fingerprint density at radius 1 is 0.688 bits per heavy atom. The van der Waals surface area contributed by atoms with Gasteiger partial charge in [-0.2, -0.15) is 0 Å². The van der Waals surface area contributed by atoms with E-state index in [0.717, 1.165) is 5.75 Å². The number of rotatable bonds is 8. The minimum atomic E-state index is -0.389. The Balaban J connectivity index is 1.63. The number of nitrogens with one attached hydrogen (secondary N) is 1. The third-order valence-corrected chi connectivity index (χ3v) is 7.00. The molecule has 3 nitrogen and oxygen atoms in total. The van der Waals surface area contributed by atoms with E-state index in [1.807, 2.05) is 42.1 Å². The Labute approximate surface area is 193 Å². The molecule has 0 atom stereocenters. The van der Waals surface area contributed by atoms with Gasteiger partial charge in [-0.25, -0.2) is 0 Å². The van der Waals surface area contributed by atoms with E-state index >= 15 is 0 Å². The summed E-state index contributed by atoms with van der Waals surface area (Å²) in [6, 6.07) is 38.8. The maximum atomic E-state index is 12.6. The van der Waals surface area contributed by atoms with Crippen molar-refractivity contribution in [1.29, 1.82) is 0 Å². The minimum Gasteiger partial charge on any atom is -0.398 e. The standard InChI is InChI=1S/C28H26N2OS/c29-26-19-11-10-18-25(26)27(31)30-20-21-32-28(22-12-4-1-5-13-22,23-14-6-2-7-15-23)24-16-8-3-9-17-24/h1-19H,20-21,29H2,(H,30,31). The molecule has 32 heavy (non-hydrogen) atoms. The maximum absolute atomic E-state index is 12.6. The second kappa shape index (κ2) is 10.2. The predicted octanol–water partition coefficient (Wildman–Crippen LogP) is 5.72. The number of thioether (sulfide) groups is 1. The highest BCUT2D eigenvalue weighted by molar-refractivity contribution is 8.00. The van der Waals surface area contributed by atoms with E-state index in [4.69, 9.17) is 5.73 Å². The van der Waals surface area contributed by atoms with E-state index in [1.54, 1.807) is 12.1 Å². The number of nitrogens with two attached hydrogens (primary N) is 1. The van der Waals surface area contributed by atoms with E-state index in [-0.39, 0.29) is 10.7 Å². The van der Waals surface area contributed by atoms with E-state index in [1.165, 1.54) is 16.7 Å². The number of hydrogen-bond acceptors (Lipinski definition) is 3. The monoisotopic (exact) mass is 438 g/mol. The molecule has 0 aliphatic heterocycles. The van der Waals surface area contributed by atoms with Gasteiger partial charge in [0.15, 0.2) is 0 Å². The number of amides is 1. The summed E-state index contributed by atoms with van der Waals surface area (Å²) in [5.74, 6) is 0.588. The molecule has 4 aromatic carbocycles. The zero-order valence-electron chi connectivity index (χ0n) is 17.8. The van der Waals surface area contributed by atoms with Crippen LogP contribution in [-0.4, -0.2) is 18.2 Å². The van der Waals surface area contributed by atoms with Crippen LogP contribution >= 0.6 is 11.8 Å². The quantitative estimate of drug-likeness (QED) is 0.210. The molecule has 0 saturated heterocycles. The van der Waals surface area contributed by atoms with Crippen LogP contribution < -0.4 is 11.1 Å². The fourth-order valence-corrected chi connectivity index (χ4v) is 5.35. The van der Waals surface area contributed by atoms with Crippen LogP contribution in [0.3, 0.4) is 0 Å². The molecule has 0 aliphatic carbocycles. The van der Waals surface area contributed by atoms with Crippen molar-refractivity contribution in [3.8, 4) is 0 Å². The number of anilines is 1. The summed E-state index contributed by atoms with van der Waals surface area (Å²) in [7, 11) is 0. The lowest BCUT2D eigenvalue weighted by atomic mass is 9.84. The Morgan fingerprint density at radius 2 is 1.12 bits per heavy atom. The molecule has 0 heterocycles. The van der Waals surface area contributed by atoms with Crippen molar-refractivity contribution in [3.05, 3.63) is 138 Å². The van der Waals surface area contributed by atoms with E-state index < -0.39 is 0 Å². The van der Waals surface area contributed by atoms with Gasteiger partial charge >= 0.3 is 0 Å². The van der Waals surface area contributed by atoms with Crippen molar-refractivity contribution in [2.45, 2.75) is 4.75 Å². The van der Waals surface area contributed by atoms with E-state index in [9.17, 15) is 4.79 Å². The fourth-order valence-electron chi connectivity index (χ4n) is 3.94. The molecule has 0 bridgehead atoms. The zero-order chi connectivity index (χ0) is 22.2. The average Bonchev–Trinajstić information content (AvgIpc) is 2.86. The molecular formula is C28H26N2OS. The number of carbonyl (C=O) groups excluding carboxylic acids is 1. The molecule has 1 amide bonds. The first-order chi connectivity index (χ1) is 15.7. The first-order valence-electron chi connectivity index (χ1n) is 10.6. The van der Waals surface area contributed by atoms with Crippen LogP contribution in [-0.2, 0) is 4.75 Å². The molecule has 0 radical (unpaired) electrons. The van der Waals surface area contributed by atoms with Gasteiger partial charge in [-0.15, -0.1) is 11.8 Å². The van der Waals surface area contributed by atoms with Gasteiger partial charge in [-0.3, -0.25) is 4.79 Å². The summed E-state index contributed by atoms with van der Waals surface area (Å²) < 4.78 is -0.389. The smallest absolute Gasteiger partial charge is 0.253 e. The molecular weight excluding hydrogens is 412 g/mol. The third-order valence-electron chi connectivity index (χ3n) is 5.45. The van der Waals surface area contributed by atoms with Crippen molar-refractivity contribution in [2.75, 3.05) is 18.0 Å². The molecule has 4 rings (SSSR count). The molecule has 160 valence electrons. The molecule has 0 aromatic heterocycles. The van der Waals surface area contributed by atoms with Crippen molar-refractivity contribution in [3.63, 3.8) is 0 Å². The van der Waals surface area contributed by atoms with Gasteiger partial charge in [-0.05, 0) is 28.8 Å². The zero-order valence-corrected chi connectivity index (χ0v) is 18.6. The first-order valence-corrected chi connectivity index (χ1v) is 11.6. The van der Waals surface area contributed by atoms with E-state index in [2.05, 4.69) is 78.1 Å². The summed E-state index contributed by atoms with van der Waals surface area (Å²) in [6.45, 7) is 0.534.